The van der Waals surface area contributed by atoms with E-state index in [9.17, 15) is 13.2 Å². The second kappa shape index (κ2) is 13.0. The van der Waals surface area contributed by atoms with Crippen LogP contribution < -0.4 is 19.2 Å². The highest BCUT2D eigenvalue weighted by molar-refractivity contribution is 7.98. The van der Waals surface area contributed by atoms with E-state index in [1.165, 1.54) is 37.2 Å². The summed E-state index contributed by atoms with van der Waals surface area (Å²) in [4.78, 5) is 13.8. The Morgan fingerprint density at radius 3 is 2.41 bits per heavy atom. The van der Waals surface area contributed by atoms with Gasteiger partial charge in [0.15, 0.2) is 11.5 Å². The molecule has 0 saturated carbocycles. The number of aryl methyl sites for hydroxylation is 1. The summed E-state index contributed by atoms with van der Waals surface area (Å²) < 4.78 is 38.9. The molecule has 1 N–H and O–H groups in total. The highest BCUT2D eigenvalue weighted by Gasteiger charge is 2.27. The summed E-state index contributed by atoms with van der Waals surface area (Å²) in [6.07, 6.45) is 4.97. The Hall–Kier alpha value is -3.76. The molecule has 194 valence electrons. The topological polar surface area (TPSA) is 97.3 Å². The number of carbonyl (C=O) groups excluding carboxylic acids is 1. The smallest absolute Gasteiger partial charge is 0.264 e. The van der Waals surface area contributed by atoms with Gasteiger partial charge in [-0.3, -0.25) is 9.10 Å². The summed E-state index contributed by atoms with van der Waals surface area (Å²) in [7, 11) is -2.49. The summed E-state index contributed by atoms with van der Waals surface area (Å²) in [5.41, 5.74) is 4.40. The lowest BCUT2D eigenvalue weighted by Crippen LogP contribution is -2.39. The van der Waals surface area contributed by atoms with Gasteiger partial charge in [0.2, 0.25) is 0 Å². The van der Waals surface area contributed by atoms with Gasteiger partial charge in [-0.15, -0.1) is 11.8 Å². The molecule has 1 amide bonds. The van der Waals surface area contributed by atoms with Crippen LogP contribution in [0.1, 0.15) is 11.1 Å². The largest absolute Gasteiger partial charge is 0.493 e. The van der Waals surface area contributed by atoms with Gasteiger partial charge in [0.05, 0.1) is 23.9 Å². The van der Waals surface area contributed by atoms with Gasteiger partial charge >= 0.3 is 0 Å². The van der Waals surface area contributed by atoms with Crippen LogP contribution in [-0.4, -0.2) is 47.1 Å². The van der Waals surface area contributed by atoms with Crippen molar-refractivity contribution < 1.29 is 22.7 Å². The molecule has 0 saturated heterocycles. The van der Waals surface area contributed by atoms with E-state index in [1.807, 2.05) is 13.2 Å². The molecule has 0 unspecified atom stereocenters. The first-order valence-corrected chi connectivity index (χ1v) is 13.9. The number of hydrazone groups is 1. The minimum absolute atomic E-state index is 0.0908. The Bertz CT molecular complexity index is 1360. The normalized spacial score (nSPS) is 11.2. The van der Waals surface area contributed by atoms with E-state index in [4.69, 9.17) is 9.47 Å². The highest BCUT2D eigenvalue weighted by atomic mass is 32.2. The highest BCUT2D eigenvalue weighted by Crippen LogP contribution is 2.28. The number of sulfonamides is 1. The number of carbonyl (C=O) groups is 1. The molecule has 0 atom stereocenters. The quantitative estimate of drug-likeness (QED) is 0.156. The minimum Gasteiger partial charge on any atom is -0.493 e. The summed E-state index contributed by atoms with van der Waals surface area (Å²) in [6.45, 7) is 5.40. The zero-order chi connectivity index (χ0) is 26.8. The molecular weight excluding hydrogens is 510 g/mol. The molecule has 3 aromatic carbocycles. The lowest BCUT2D eigenvalue weighted by Gasteiger charge is -2.24. The van der Waals surface area contributed by atoms with Crippen LogP contribution in [0.25, 0.3) is 0 Å². The van der Waals surface area contributed by atoms with E-state index in [-0.39, 0.29) is 4.90 Å². The van der Waals surface area contributed by atoms with Crippen molar-refractivity contribution >= 4 is 39.6 Å². The number of rotatable bonds is 12. The van der Waals surface area contributed by atoms with Crippen molar-refractivity contribution in [3.63, 3.8) is 0 Å². The van der Waals surface area contributed by atoms with E-state index >= 15 is 0 Å². The Balaban J connectivity index is 1.78. The van der Waals surface area contributed by atoms with Crippen LogP contribution in [0.3, 0.4) is 0 Å². The number of methoxy groups -OCH3 is 1. The van der Waals surface area contributed by atoms with Gasteiger partial charge in [0, 0.05) is 4.90 Å². The van der Waals surface area contributed by atoms with E-state index in [2.05, 4.69) is 17.1 Å². The maximum atomic E-state index is 13.5. The lowest BCUT2D eigenvalue weighted by atomic mass is 10.2. The van der Waals surface area contributed by atoms with Crippen molar-refractivity contribution in [2.45, 2.75) is 16.7 Å². The minimum atomic E-state index is -4.01. The fraction of sp³-hybridized carbons (Fsp3) is 0.185. The molecule has 37 heavy (non-hydrogen) atoms. The Morgan fingerprint density at radius 1 is 1.08 bits per heavy atom. The van der Waals surface area contributed by atoms with Crippen molar-refractivity contribution in [1.82, 2.24) is 5.43 Å². The van der Waals surface area contributed by atoms with E-state index in [0.717, 1.165) is 14.8 Å². The molecular formula is C27H29N3O5S2. The number of nitrogens with one attached hydrogen (secondary N) is 1. The predicted molar refractivity (Wildman–Crippen MR) is 148 cm³/mol. The average molecular weight is 540 g/mol. The SMILES string of the molecule is C=CCOc1ccc(/C=N\NC(=O)CN(c2ccc(C)cc2)S(=O)(=O)c2ccc(SC)cc2)cc1OC. The van der Waals surface area contributed by atoms with Crippen LogP contribution >= 0.6 is 11.8 Å². The molecule has 0 fully saturated rings. The third kappa shape index (κ3) is 7.37. The average Bonchev–Trinajstić information content (AvgIpc) is 2.91. The number of nitrogens with zero attached hydrogens (tertiary/aromatic N) is 2. The van der Waals surface area contributed by atoms with Crippen molar-refractivity contribution in [1.29, 1.82) is 0 Å². The standard InChI is InChI=1S/C27H29N3O5S2/c1-5-16-35-25-15-8-21(17-26(25)34-3)18-28-29-27(31)19-30(22-9-6-20(2)7-10-22)37(32,33)24-13-11-23(36-4)12-14-24/h5-15,17-18H,1,16,19H2,2-4H3,(H,29,31)/b28-18-. The number of hydrogen-bond acceptors (Lipinski definition) is 7. The molecule has 0 aliphatic heterocycles. The van der Waals surface area contributed by atoms with Crippen LogP contribution in [0.15, 0.2) is 94.3 Å². The fourth-order valence-electron chi connectivity index (χ4n) is 3.28. The molecule has 0 radical (unpaired) electrons. The van der Waals surface area contributed by atoms with Crippen molar-refractivity contribution in [3.8, 4) is 11.5 Å². The van der Waals surface area contributed by atoms with Gasteiger partial charge in [-0.1, -0.05) is 30.4 Å². The Morgan fingerprint density at radius 2 is 1.78 bits per heavy atom. The van der Waals surface area contributed by atoms with Crippen LogP contribution in [-0.2, 0) is 14.8 Å². The number of thioether (sulfide) groups is 1. The maximum absolute atomic E-state index is 13.5. The van der Waals surface area contributed by atoms with Gasteiger partial charge in [0.1, 0.15) is 13.2 Å². The lowest BCUT2D eigenvalue weighted by molar-refractivity contribution is -0.119. The fourth-order valence-corrected chi connectivity index (χ4v) is 5.11. The number of hydrogen-bond donors (Lipinski definition) is 1. The van der Waals surface area contributed by atoms with E-state index < -0.39 is 22.5 Å². The van der Waals surface area contributed by atoms with Crippen LogP contribution in [0.2, 0.25) is 0 Å². The second-order valence-electron chi connectivity index (χ2n) is 7.83. The number of benzene rings is 3. The first kappa shape index (κ1) is 27.8. The summed E-state index contributed by atoms with van der Waals surface area (Å²) in [5, 5.41) is 3.99. The van der Waals surface area contributed by atoms with Gasteiger partial charge in [0.25, 0.3) is 15.9 Å². The first-order chi connectivity index (χ1) is 17.8. The summed E-state index contributed by atoms with van der Waals surface area (Å²) >= 11 is 1.51. The van der Waals surface area contributed by atoms with Crippen molar-refractivity contribution in [2.75, 3.05) is 30.8 Å². The molecule has 0 bridgehead atoms. The van der Waals surface area contributed by atoms with Gasteiger partial charge in [-0.05, 0) is 73.3 Å². The third-order valence-corrected chi connectivity index (χ3v) is 7.74. The van der Waals surface area contributed by atoms with Crippen molar-refractivity contribution in [2.24, 2.45) is 5.10 Å². The molecule has 0 heterocycles. The van der Waals surface area contributed by atoms with Crippen LogP contribution in [0.4, 0.5) is 5.69 Å². The number of ether oxygens (including phenoxy) is 2. The molecule has 3 rings (SSSR count). The molecule has 3 aromatic rings. The zero-order valence-electron chi connectivity index (χ0n) is 20.9. The summed E-state index contributed by atoms with van der Waals surface area (Å²) in [6, 6.07) is 18.6. The molecule has 0 spiro atoms. The first-order valence-electron chi connectivity index (χ1n) is 11.3. The molecule has 0 aliphatic rings. The molecule has 0 aromatic heterocycles. The van der Waals surface area contributed by atoms with E-state index in [1.54, 1.807) is 60.7 Å². The molecule has 0 aliphatic carbocycles. The van der Waals surface area contributed by atoms with Crippen LogP contribution in [0, 0.1) is 6.92 Å². The third-order valence-electron chi connectivity index (χ3n) is 5.20. The van der Waals surface area contributed by atoms with Crippen molar-refractivity contribution in [3.05, 3.63) is 90.5 Å². The van der Waals surface area contributed by atoms with Gasteiger partial charge < -0.3 is 9.47 Å². The molecule has 10 heteroatoms. The Kier molecular flexibility index (Phi) is 9.76. The maximum Gasteiger partial charge on any atom is 0.264 e. The summed E-state index contributed by atoms with van der Waals surface area (Å²) in [5.74, 6) is 0.452. The zero-order valence-corrected chi connectivity index (χ0v) is 22.5. The Labute approximate surface area is 222 Å². The van der Waals surface area contributed by atoms with E-state index in [0.29, 0.717) is 29.4 Å². The predicted octanol–water partition coefficient (Wildman–Crippen LogP) is 4.64. The van der Waals surface area contributed by atoms with Gasteiger partial charge in [-0.2, -0.15) is 5.10 Å². The monoisotopic (exact) mass is 539 g/mol. The van der Waals surface area contributed by atoms with Gasteiger partial charge in [-0.25, -0.2) is 13.8 Å². The second-order valence-corrected chi connectivity index (χ2v) is 10.6. The number of amides is 1. The van der Waals surface area contributed by atoms with Crippen LogP contribution in [0.5, 0.6) is 11.5 Å². The number of anilines is 1. The molecule has 8 nitrogen and oxygen atoms in total.